The van der Waals surface area contributed by atoms with Gasteiger partial charge in [0.1, 0.15) is 11.5 Å². The van der Waals surface area contributed by atoms with Crippen LogP contribution < -0.4 is 4.52 Å². The number of phosphoric ester groups is 1. The van der Waals surface area contributed by atoms with Gasteiger partial charge in [-0.3, -0.25) is 9.79 Å². The average Bonchev–Trinajstić information content (AvgIpc) is 3.07. The third-order valence-electron chi connectivity index (χ3n) is 6.73. The summed E-state index contributed by atoms with van der Waals surface area (Å²) in [6.07, 6.45) is 0. The van der Waals surface area contributed by atoms with E-state index >= 15 is 0 Å². The molecule has 8 heteroatoms. The average molecular weight is 511 g/mol. The summed E-state index contributed by atoms with van der Waals surface area (Å²) in [4.78, 5) is 32.7. The van der Waals surface area contributed by atoms with Crippen molar-refractivity contribution in [3.63, 3.8) is 0 Å². The molecule has 0 saturated carbocycles. The normalized spacial score (nSPS) is 17.4. The molecule has 0 aliphatic carbocycles. The Labute approximate surface area is 211 Å². The maximum Gasteiger partial charge on any atom is 0.524 e. The van der Waals surface area contributed by atoms with Gasteiger partial charge in [0.2, 0.25) is 0 Å². The number of rotatable bonds is 6. The van der Waals surface area contributed by atoms with Crippen LogP contribution in [-0.2, 0) is 14.9 Å². The molecule has 36 heavy (non-hydrogen) atoms. The molecular formula is C28H31O7P. The van der Waals surface area contributed by atoms with Crippen LogP contribution in [0.5, 0.6) is 11.5 Å². The SMILES string of the molecule is Cc1cc(OP(=O)(O)O)c(C2(c3cc(O)c(C(C)C)cc3C)OC(=O)c3ccccc32)cc1C(C)C. The largest absolute Gasteiger partial charge is 0.524 e. The summed E-state index contributed by atoms with van der Waals surface area (Å²) in [6.45, 7) is 11.6. The number of carbonyl (C=O) groups excluding carboxylic acids is 1. The van der Waals surface area contributed by atoms with Crippen molar-refractivity contribution < 1.29 is 33.5 Å². The molecular weight excluding hydrogens is 479 g/mol. The van der Waals surface area contributed by atoms with E-state index in [1.807, 2.05) is 47.6 Å². The topological polar surface area (TPSA) is 113 Å². The lowest BCUT2D eigenvalue weighted by atomic mass is 9.75. The van der Waals surface area contributed by atoms with Gasteiger partial charge >= 0.3 is 13.8 Å². The van der Waals surface area contributed by atoms with Crippen LogP contribution in [0.15, 0.2) is 48.5 Å². The number of hydrogen-bond donors (Lipinski definition) is 3. The second-order valence-electron chi connectivity index (χ2n) is 9.94. The highest BCUT2D eigenvalue weighted by molar-refractivity contribution is 7.46. The first-order chi connectivity index (χ1) is 16.8. The molecule has 4 rings (SSSR count). The van der Waals surface area contributed by atoms with Gasteiger partial charge in [0, 0.05) is 16.7 Å². The Morgan fingerprint density at radius 2 is 1.50 bits per heavy atom. The number of ether oxygens (including phenoxy) is 1. The number of esters is 1. The van der Waals surface area contributed by atoms with Crippen molar-refractivity contribution >= 4 is 13.8 Å². The van der Waals surface area contributed by atoms with Gasteiger partial charge in [0.25, 0.3) is 0 Å². The number of aromatic hydroxyl groups is 1. The lowest BCUT2D eigenvalue weighted by Crippen LogP contribution is -2.31. The lowest BCUT2D eigenvalue weighted by molar-refractivity contribution is 0.0244. The van der Waals surface area contributed by atoms with Crippen LogP contribution in [0.4, 0.5) is 0 Å². The Bertz CT molecular complexity index is 1400. The molecule has 0 aromatic heterocycles. The first kappa shape index (κ1) is 26.0. The molecule has 0 fully saturated rings. The van der Waals surface area contributed by atoms with Gasteiger partial charge in [0.05, 0.1) is 5.56 Å². The fraction of sp³-hybridized carbons (Fsp3) is 0.321. The van der Waals surface area contributed by atoms with E-state index in [0.29, 0.717) is 16.7 Å². The van der Waals surface area contributed by atoms with Gasteiger partial charge in [-0.2, -0.15) is 0 Å². The number of cyclic esters (lactones) is 1. The van der Waals surface area contributed by atoms with Crippen LogP contribution in [0.1, 0.15) is 88.8 Å². The monoisotopic (exact) mass is 510 g/mol. The zero-order valence-electron chi connectivity index (χ0n) is 21.2. The Kier molecular flexibility index (Phi) is 6.54. The molecule has 0 saturated heterocycles. The van der Waals surface area contributed by atoms with Crippen LogP contribution in [0, 0.1) is 13.8 Å². The van der Waals surface area contributed by atoms with Crippen LogP contribution in [0.2, 0.25) is 0 Å². The number of phosphoric acid groups is 1. The molecule has 7 nitrogen and oxygen atoms in total. The second-order valence-corrected chi connectivity index (χ2v) is 11.1. The molecule has 1 aliphatic rings. The summed E-state index contributed by atoms with van der Waals surface area (Å²) in [7, 11) is -4.97. The molecule has 1 unspecified atom stereocenters. The van der Waals surface area contributed by atoms with E-state index in [2.05, 4.69) is 0 Å². The minimum absolute atomic E-state index is 0.0408. The molecule has 3 aromatic rings. The molecule has 1 aliphatic heterocycles. The van der Waals surface area contributed by atoms with Crippen molar-refractivity contribution in [3.8, 4) is 11.5 Å². The smallest absolute Gasteiger partial charge is 0.508 e. The van der Waals surface area contributed by atoms with Crippen molar-refractivity contribution in [2.75, 3.05) is 0 Å². The van der Waals surface area contributed by atoms with Crippen molar-refractivity contribution in [1.82, 2.24) is 0 Å². The number of benzene rings is 3. The van der Waals surface area contributed by atoms with E-state index in [4.69, 9.17) is 9.26 Å². The van der Waals surface area contributed by atoms with Crippen LogP contribution in [0.25, 0.3) is 0 Å². The van der Waals surface area contributed by atoms with E-state index < -0.39 is 19.4 Å². The number of hydrogen-bond acceptors (Lipinski definition) is 5. The van der Waals surface area contributed by atoms with Gasteiger partial charge in [-0.05, 0) is 72.2 Å². The fourth-order valence-electron chi connectivity index (χ4n) is 5.12. The minimum Gasteiger partial charge on any atom is -0.508 e. The molecule has 3 N–H and O–H groups in total. The van der Waals surface area contributed by atoms with Gasteiger partial charge in [0.15, 0.2) is 5.60 Å². The summed E-state index contributed by atoms with van der Waals surface area (Å²) in [5.41, 5.74) is 3.16. The van der Waals surface area contributed by atoms with Crippen LogP contribution >= 0.6 is 7.82 Å². The Morgan fingerprint density at radius 1 is 0.861 bits per heavy atom. The predicted molar refractivity (Wildman–Crippen MR) is 137 cm³/mol. The first-order valence-corrected chi connectivity index (χ1v) is 13.4. The summed E-state index contributed by atoms with van der Waals surface area (Å²) in [5.74, 6) is -0.519. The van der Waals surface area contributed by atoms with Crippen molar-refractivity contribution in [2.45, 2.75) is 59.0 Å². The number of carbonyl (C=O) groups is 1. The molecule has 1 heterocycles. The molecule has 1 atom stereocenters. The molecule has 0 radical (unpaired) electrons. The molecule has 0 bridgehead atoms. The number of phenols is 1. The minimum atomic E-state index is -4.97. The Balaban J connectivity index is 2.17. The van der Waals surface area contributed by atoms with E-state index in [-0.39, 0.29) is 28.9 Å². The third kappa shape index (κ3) is 4.32. The van der Waals surface area contributed by atoms with E-state index in [1.165, 1.54) is 0 Å². The molecule has 190 valence electrons. The first-order valence-electron chi connectivity index (χ1n) is 11.8. The standard InChI is InChI=1S/C28H31O7P/c1-15(2)20-13-24(26(12-17(20)5)35-36(31,32)33)28(22-10-8-7-9-19(22)27(30)34-28)23-14-25(29)21(16(3)4)11-18(23)6/h7-16,29H,1-6H3,(H2,31,32,33). The number of aryl methyl sites for hydroxylation is 2. The third-order valence-corrected chi connectivity index (χ3v) is 7.17. The molecule has 0 amide bonds. The Morgan fingerprint density at radius 3 is 2.11 bits per heavy atom. The van der Waals surface area contributed by atoms with Crippen molar-refractivity contribution in [3.05, 3.63) is 93.0 Å². The van der Waals surface area contributed by atoms with Crippen molar-refractivity contribution in [2.24, 2.45) is 0 Å². The van der Waals surface area contributed by atoms with E-state index in [0.717, 1.165) is 22.3 Å². The quantitative estimate of drug-likeness (QED) is 0.268. The lowest BCUT2D eigenvalue weighted by Gasteiger charge is -2.34. The van der Waals surface area contributed by atoms with Gasteiger partial charge in [-0.15, -0.1) is 0 Å². The van der Waals surface area contributed by atoms with Crippen LogP contribution in [0.3, 0.4) is 0 Å². The molecule has 0 spiro atoms. The highest BCUT2D eigenvalue weighted by Gasteiger charge is 2.51. The summed E-state index contributed by atoms with van der Waals surface area (Å²) < 4.78 is 23.4. The fourth-order valence-corrected chi connectivity index (χ4v) is 5.53. The van der Waals surface area contributed by atoms with Gasteiger partial charge in [-0.1, -0.05) is 52.0 Å². The highest BCUT2D eigenvalue weighted by Crippen LogP contribution is 2.54. The van der Waals surface area contributed by atoms with E-state index in [1.54, 1.807) is 42.5 Å². The summed E-state index contributed by atoms with van der Waals surface area (Å²) in [6, 6.07) is 13.7. The number of fused-ring (bicyclic) bond motifs is 1. The summed E-state index contributed by atoms with van der Waals surface area (Å²) >= 11 is 0. The second kappa shape index (κ2) is 9.07. The van der Waals surface area contributed by atoms with Gasteiger partial charge < -0.3 is 14.4 Å². The zero-order chi connectivity index (χ0) is 26.6. The number of phenolic OH excluding ortho intramolecular Hbond substituents is 1. The highest BCUT2D eigenvalue weighted by atomic mass is 31.2. The van der Waals surface area contributed by atoms with Crippen LogP contribution in [-0.4, -0.2) is 20.9 Å². The van der Waals surface area contributed by atoms with E-state index in [9.17, 15) is 24.3 Å². The Hall–Kier alpha value is -3.12. The van der Waals surface area contributed by atoms with Gasteiger partial charge in [-0.25, -0.2) is 9.36 Å². The maximum absolute atomic E-state index is 13.2. The predicted octanol–water partition coefficient (Wildman–Crippen LogP) is 6.19. The molecule has 3 aromatic carbocycles. The zero-order valence-corrected chi connectivity index (χ0v) is 22.1. The van der Waals surface area contributed by atoms with Crippen molar-refractivity contribution in [1.29, 1.82) is 0 Å². The summed E-state index contributed by atoms with van der Waals surface area (Å²) in [5, 5.41) is 11.0. The maximum atomic E-state index is 13.2.